The van der Waals surface area contributed by atoms with Gasteiger partial charge in [0, 0.05) is 31.2 Å². The summed E-state index contributed by atoms with van der Waals surface area (Å²) in [4.78, 5) is 5.04. The maximum absolute atomic E-state index is 5.68. The molecule has 112 valence electrons. The molecule has 0 amide bonds. The van der Waals surface area contributed by atoms with Gasteiger partial charge in [-0.25, -0.2) is 0 Å². The Bertz CT molecular complexity index is 256. The third-order valence-electron chi connectivity index (χ3n) is 4.78. The molecule has 1 atom stereocenters. The van der Waals surface area contributed by atoms with Gasteiger partial charge >= 0.3 is 0 Å². The second-order valence-corrected chi connectivity index (χ2v) is 6.55. The summed E-state index contributed by atoms with van der Waals surface area (Å²) in [6.07, 6.45) is 3.84. The number of nitrogens with zero attached hydrogens (tertiary/aromatic N) is 2. The zero-order valence-corrected chi connectivity index (χ0v) is 13.0. The summed E-state index contributed by atoms with van der Waals surface area (Å²) < 4.78 is 5.68. The topological polar surface area (TPSA) is 27.7 Å². The minimum atomic E-state index is 0.362. The van der Waals surface area contributed by atoms with Crippen LogP contribution in [0.25, 0.3) is 0 Å². The van der Waals surface area contributed by atoms with Crippen molar-refractivity contribution in [3.8, 4) is 0 Å². The minimum Gasteiger partial charge on any atom is -0.381 e. The van der Waals surface area contributed by atoms with Gasteiger partial charge in [-0.3, -0.25) is 0 Å². The molecule has 19 heavy (non-hydrogen) atoms. The normalized spacial score (nSPS) is 30.3. The van der Waals surface area contributed by atoms with Gasteiger partial charge < -0.3 is 19.9 Å². The van der Waals surface area contributed by atoms with E-state index < -0.39 is 0 Å². The van der Waals surface area contributed by atoms with Crippen molar-refractivity contribution < 1.29 is 4.74 Å². The molecule has 0 spiro atoms. The van der Waals surface area contributed by atoms with Crippen molar-refractivity contribution >= 4 is 0 Å². The van der Waals surface area contributed by atoms with Gasteiger partial charge in [0.1, 0.15) is 0 Å². The smallest absolute Gasteiger partial charge is 0.0547 e. The second-order valence-electron chi connectivity index (χ2n) is 6.55. The predicted molar refractivity (Wildman–Crippen MR) is 79.6 cm³/mol. The van der Waals surface area contributed by atoms with E-state index in [0.29, 0.717) is 5.41 Å². The van der Waals surface area contributed by atoms with E-state index in [9.17, 15) is 0 Å². The molecule has 1 unspecified atom stereocenters. The Labute approximate surface area is 118 Å². The van der Waals surface area contributed by atoms with Crippen LogP contribution in [0.1, 0.15) is 26.2 Å². The first kappa shape index (κ1) is 15.2. The maximum atomic E-state index is 5.68. The highest BCUT2D eigenvalue weighted by Crippen LogP contribution is 2.30. The molecule has 2 rings (SSSR count). The Morgan fingerprint density at radius 1 is 1.32 bits per heavy atom. The lowest BCUT2D eigenvalue weighted by molar-refractivity contribution is 0.0785. The standard InChI is InChI=1S/C15H31N3O/c1-4-16-11-15(7-10-19-13-15)12-18-8-5-14(6-9-18)17(2)3/h14,16H,4-13H2,1-3H3. The van der Waals surface area contributed by atoms with Crippen LogP contribution in [0, 0.1) is 5.41 Å². The van der Waals surface area contributed by atoms with E-state index in [1.165, 1.54) is 38.9 Å². The van der Waals surface area contributed by atoms with E-state index in [2.05, 4.69) is 36.1 Å². The van der Waals surface area contributed by atoms with Crippen LogP contribution in [0.5, 0.6) is 0 Å². The van der Waals surface area contributed by atoms with Gasteiger partial charge in [-0.1, -0.05) is 6.92 Å². The largest absolute Gasteiger partial charge is 0.381 e. The molecule has 0 aromatic carbocycles. The molecule has 2 aliphatic rings. The maximum Gasteiger partial charge on any atom is 0.0547 e. The molecule has 0 aliphatic carbocycles. The fourth-order valence-corrected chi connectivity index (χ4v) is 3.43. The Hall–Kier alpha value is -0.160. The number of piperidine rings is 1. The Balaban J connectivity index is 1.82. The summed E-state index contributed by atoms with van der Waals surface area (Å²) in [6, 6.07) is 0.779. The first-order valence-corrected chi connectivity index (χ1v) is 7.82. The van der Waals surface area contributed by atoms with E-state index in [1.54, 1.807) is 0 Å². The van der Waals surface area contributed by atoms with E-state index in [1.807, 2.05) is 0 Å². The third-order valence-corrected chi connectivity index (χ3v) is 4.78. The summed E-state index contributed by atoms with van der Waals surface area (Å²) in [6.45, 7) is 9.94. The first-order chi connectivity index (χ1) is 9.15. The van der Waals surface area contributed by atoms with Crippen molar-refractivity contribution in [1.82, 2.24) is 15.1 Å². The van der Waals surface area contributed by atoms with Crippen molar-refractivity contribution in [3.63, 3.8) is 0 Å². The average molecular weight is 269 g/mol. The monoisotopic (exact) mass is 269 g/mol. The van der Waals surface area contributed by atoms with Gasteiger partial charge in [0.15, 0.2) is 0 Å². The quantitative estimate of drug-likeness (QED) is 0.779. The molecular formula is C15H31N3O. The Kier molecular flexibility index (Phi) is 5.63. The molecule has 1 N–H and O–H groups in total. The zero-order valence-electron chi connectivity index (χ0n) is 13.0. The molecule has 0 aromatic heterocycles. The number of likely N-dealkylation sites (tertiary alicyclic amines) is 1. The molecule has 0 saturated carbocycles. The van der Waals surface area contributed by atoms with Crippen molar-refractivity contribution in [2.24, 2.45) is 5.41 Å². The van der Waals surface area contributed by atoms with Crippen LogP contribution >= 0.6 is 0 Å². The van der Waals surface area contributed by atoms with Gasteiger partial charge in [0.25, 0.3) is 0 Å². The second kappa shape index (κ2) is 7.02. The van der Waals surface area contributed by atoms with E-state index in [4.69, 9.17) is 4.74 Å². The molecule has 2 aliphatic heterocycles. The molecule has 2 saturated heterocycles. The van der Waals surface area contributed by atoms with Crippen LogP contribution in [0.3, 0.4) is 0 Å². The third kappa shape index (κ3) is 4.15. The summed E-state index contributed by atoms with van der Waals surface area (Å²) in [5.74, 6) is 0. The highest BCUT2D eigenvalue weighted by Gasteiger charge is 2.37. The summed E-state index contributed by atoms with van der Waals surface area (Å²) in [5, 5.41) is 3.53. The molecule has 4 nitrogen and oxygen atoms in total. The SMILES string of the molecule is CCNCC1(CN2CCC(N(C)C)CC2)CCOC1. The van der Waals surface area contributed by atoms with Crippen molar-refractivity contribution in [2.75, 3.05) is 60.0 Å². The summed E-state index contributed by atoms with van der Waals surface area (Å²) in [7, 11) is 4.41. The van der Waals surface area contributed by atoms with Crippen molar-refractivity contribution in [2.45, 2.75) is 32.2 Å². The lowest BCUT2D eigenvalue weighted by atomic mass is 9.85. The highest BCUT2D eigenvalue weighted by molar-refractivity contribution is 4.90. The lowest BCUT2D eigenvalue weighted by Gasteiger charge is -2.40. The highest BCUT2D eigenvalue weighted by atomic mass is 16.5. The van der Waals surface area contributed by atoms with E-state index in [0.717, 1.165) is 32.3 Å². The number of hydrogen-bond acceptors (Lipinski definition) is 4. The molecule has 2 fully saturated rings. The Morgan fingerprint density at radius 3 is 2.58 bits per heavy atom. The summed E-state index contributed by atoms with van der Waals surface area (Å²) >= 11 is 0. The number of rotatable bonds is 6. The van der Waals surface area contributed by atoms with Gasteiger partial charge in [-0.2, -0.15) is 0 Å². The fraction of sp³-hybridized carbons (Fsp3) is 1.00. The zero-order chi connectivity index (χ0) is 13.7. The van der Waals surface area contributed by atoms with Crippen LogP contribution < -0.4 is 5.32 Å². The summed E-state index contributed by atoms with van der Waals surface area (Å²) in [5.41, 5.74) is 0.362. The minimum absolute atomic E-state index is 0.362. The molecular weight excluding hydrogens is 238 g/mol. The molecule has 0 aromatic rings. The molecule has 0 radical (unpaired) electrons. The van der Waals surface area contributed by atoms with Crippen LogP contribution in [0.2, 0.25) is 0 Å². The lowest BCUT2D eigenvalue weighted by Crippen LogP contribution is -2.49. The molecule has 2 heterocycles. The first-order valence-electron chi connectivity index (χ1n) is 7.82. The van der Waals surface area contributed by atoms with Crippen LogP contribution in [-0.2, 0) is 4.74 Å². The van der Waals surface area contributed by atoms with Crippen LogP contribution in [0.15, 0.2) is 0 Å². The van der Waals surface area contributed by atoms with Gasteiger partial charge in [-0.05, 0) is 53.0 Å². The predicted octanol–water partition coefficient (Wildman–Crippen LogP) is 1.03. The van der Waals surface area contributed by atoms with E-state index in [-0.39, 0.29) is 0 Å². The number of hydrogen-bond donors (Lipinski definition) is 1. The number of nitrogens with one attached hydrogen (secondary N) is 1. The molecule has 0 bridgehead atoms. The van der Waals surface area contributed by atoms with Crippen LogP contribution in [0.4, 0.5) is 0 Å². The fourth-order valence-electron chi connectivity index (χ4n) is 3.43. The average Bonchev–Trinajstić information content (AvgIpc) is 2.86. The Morgan fingerprint density at radius 2 is 2.05 bits per heavy atom. The molecule has 4 heteroatoms. The van der Waals surface area contributed by atoms with Gasteiger partial charge in [0.2, 0.25) is 0 Å². The van der Waals surface area contributed by atoms with Crippen LogP contribution in [-0.4, -0.2) is 75.9 Å². The number of ether oxygens (including phenoxy) is 1. The van der Waals surface area contributed by atoms with Crippen molar-refractivity contribution in [1.29, 1.82) is 0 Å². The van der Waals surface area contributed by atoms with Gasteiger partial charge in [0.05, 0.1) is 6.61 Å². The van der Waals surface area contributed by atoms with Gasteiger partial charge in [-0.15, -0.1) is 0 Å². The van der Waals surface area contributed by atoms with Crippen molar-refractivity contribution in [3.05, 3.63) is 0 Å². The van der Waals surface area contributed by atoms with E-state index >= 15 is 0 Å².